The molecule has 1 aliphatic heterocycles. The van der Waals surface area contributed by atoms with Gasteiger partial charge in [0, 0.05) is 26.6 Å². The Balaban J connectivity index is 2.50. The third kappa shape index (κ3) is 3.51. The van der Waals surface area contributed by atoms with Gasteiger partial charge in [0.2, 0.25) is 11.8 Å². The molecule has 15 heavy (non-hydrogen) atoms. The zero-order valence-corrected chi connectivity index (χ0v) is 9.41. The lowest BCUT2D eigenvalue weighted by atomic mass is 10.1. The number of hydrogen-bond acceptors (Lipinski definition) is 3. The molecule has 2 amide bonds. The molecule has 0 saturated carbocycles. The van der Waals surface area contributed by atoms with E-state index in [1.54, 1.807) is 20.9 Å². The molecule has 0 bridgehead atoms. The largest absolute Gasteiger partial charge is 0.389 e. The van der Waals surface area contributed by atoms with Crippen LogP contribution in [0.2, 0.25) is 0 Å². The van der Waals surface area contributed by atoms with Crippen molar-refractivity contribution in [1.29, 1.82) is 0 Å². The van der Waals surface area contributed by atoms with Crippen molar-refractivity contribution in [3.8, 4) is 0 Å². The normalized spacial score (nSPS) is 21.3. The van der Waals surface area contributed by atoms with Crippen molar-refractivity contribution < 1.29 is 14.7 Å². The number of nitrogens with zero attached hydrogens (tertiary/aromatic N) is 1. The van der Waals surface area contributed by atoms with Crippen LogP contribution in [-0.2, 0) is 9.59 Å². The zero-order valence-electron chi connectivity index (χ0n) is 9.41. The molecule has 0 radical (unpaired) electrons. The molecule has 5 nitrogen and oxygen atoms in total. The van der Waals surface area contributed by atoms with Crippen LogP contribution in [0.15, 0.2) is 0 Å². The molecule has 1 rings (SSSR count). The second kappa shape index (κ2) is 4.18. The molecule has 1 unspecified atom stereocenters. The fraction of sp³-hybridized carbons (Fsp3) is 0.800. The molecule has 1 heterocycles. The second-order valence-electron chi connectivity index (χ2n) is 4.71. The van der Waals surface area contributed by atoms with Crippen LogP contribution in [0.25, 0.3) is 0 Å². The van der Waals surface area contributed by atoms with Gasteiger partial charge in [-0.3, -0.25) is 9.59 Å². The summed E-state index contributed by atoms with van der Waals surface area (Å²) in [7, 11) is 1.64. The van der Waals surface area contributed by atoms with Crippen molar-refractivity contribution in [3.63, 3.8) is 0 Å². The molecule has 0 aromatic carbocycles. The van der Waals surface area contributed by atoms with Gasteiger partial charge in [-0.05, 0) is 13.8 Å². The van der Waals surface area contributed by atoms with E-state index in [9.17, 15) is 14.7 Å². The molecule has 1 fully saturated rings. The van der Waals surface area contributed by atoms with Crippen LogP contribution in [-0.4, -0.2) is 47.6 Å². The number of hydrogen-bond donors (Lipinski definition) is 2. The van der Waals surface area contributed by atoms with E-state index in [1.165, 1.54) is 4.90 Å². The van der Waals surface area contributed by atoms with Crippen molar-refractivity contribution in [3.05, 3.63) is 0 Å². The van der Waals surface area contributed by atoms with Gasteiger partial charge in [-0.2, -0.15) is 0 Å². The Kier molecular flexibility index (Phi) is 3.34. The van der Waals surface area contributed by atoms with Crippen LogP contribution in [0.1, 0.15) is 20.3 Å². The highest BCUT2D eigenvalue weighted by Gasteiger charge is 2.31. The van der Waals surface area contributed by atoms with E-state index in [0.29, 0.717) is 6.54 Å². The van der Waals surface area contributed by atoms with E-state index in [1.807, 2.05) is 0 Å². The first-order chi connectivity index (χ1) is 6.79. The molecule has 5 heteroatoms. The maximum Gasteiger partial charge on any atom is 0.227 e. The number of aliphatic hydroxyl groups is 1. The molecule has 0 aromatic rings. The first-order valence-corrected chi connectivity index (χ1v) is 5.03. The van der Waals surface area contributed by atoms with E-state index < -0.39 is 5.60 Å². The fourth-order valence-corrected chi connectivity index (χ4v) is 1.75. The summed E-state index contributed by atoms with van der Waals surface area (Å²) in [5.74, 6) is -0.440. The van der Waals surface area contributed by atoms with Crippen LogP contribution in [0.5, 0.6) is 0 Å². The summed E-state index contributed by atoms with van der Waals surface area (Å²) < 4.78 is 0. The summed E-state index contributed by atoms with van der Waals surface area (Å²) >= 11 is 0. The third-order valence-electron chi connectivity index (χ3n) is 2.33. The Morgan fingerprint density at radius 2 is 2.27 bits per heavy atom. The lowest BCUT2D eigenvalue weighted by Gasteiger charge is -2.27. The van der Waals surface area contributed by atoms with Crippen LogP contribution in [0.4, 0.5) is 0 Å². The van der Waals surface area contributed by atoms with Gasteiger partial charge in [-0.25, -0.2) is 0 Å². The van der Waals surface area contributed by atoms with Crippen molar-refractivity contribution in [2.24, 2.45) is 5.92 Å². The van der Waals surface area contributed by atoms with Gasteiger partial charge in [-0.1, -0.05) is 0 Å². The van der Waals surface area contributed by atoms with E-state index in [4.69, 9.17) is 0 Å². The van der Waals surface area contributed by atoms with Gasteiger partial charge in [-0.15, -0.1) is 0 Å². The Hall–Kier alpha value is -1.10. The molecule has 1 saturated heterocycles. The topological polar surface area (TPSA) is 69.6 Å². The minimum atomic E-state index is -0.902. The Morgan fingerprint density at radius 3 is 2.67 bits per heavy atom. The smallest absolute Gasteiger partial charge is 0.227 e. The van der Waals surface area contributed by atoms with E-state index in [2.05, 4.69) is 5.32 Å². The molecule has 0 aliphatic carbocycles. The van der Waals surface area contributed by atoms with Gasteiger partial charge in [0.05, 0.1) is 11.5 Å². The monoisotopic (exact) mass is 214 g/mol. The molecule has 1 atom stereocenters. The Bertz CT molecular complexity index is 270. The minimum Gasteiger partial charge on any atom is -0.389 e. The average molecular weight is 214 g/mol. The predicted molar refractivity (Wildman–Crippen MR) is 55.1 cm³/mol. The SMILES string of the molecule is CN(CC(C)(C)O)C(=O)C1CNC(=O)C1. The van der Waals surface area contributed by atoms with Gasteiger partial charge < -0.3 is 15.3 Å². The number of rotatable bonds is 3. The highest BCUT2D eigenvalue weighted by atomic mass is 16.3. The third-order valence-corrected chi connectivity index (χ3v) is 2.33. The van der Waals surface area contributed by atoms with Crippen LogP contribution in [0, 0.1) is 5.92 Å². The number of carbonyl (C=O) groups is 2. The lowest BCUT2D eigenvalue weighted by molar-refractivity contribution is -0.137. The van der Waals surface area contributed by atoms with E-state index in [0.717, 1.165) is 0 Å². The number of carbonyl (C=O) groups excluding carboxylic acids is 2. The minimum absolute atomic E-state index is 0.0787. The highest BCUT2D eigenvalue weighted by molar-refractivity contribution is 5.89. The van der Waals surface area contributed by atoms with E-state index in [-0.39, 0.29) is 30.7 Å². The zero-order chi connectivity index (χ0) is 11.6. The highest BCUT2D eigenvalue weighted by Crippen LogP contribution is 2.13. The molecule has 2 N–H and O–H groups in total. The molecular formula is C10H18N2O3. The maximum atomic E-state index is 11.8. The second-order valence-corrected chi connectivity index (χ2v) is 4.71. The first kappa shape index (κ1) is 12.0. The average Bonchev–Trinajstić information content (AvgIpc) is 2.47. The van der Waals surface area contributed by atoms with Gasteiger partial charge in [0.15, 0.2) is 0 Å². The van der Waals surface area contributed by atoms with Gasteiger partial charge in [0.1, 0.15) is 0 Å². The van der Waals surface area contributed by atoms with Gasteiger partial charge in [0.25, 0.3) is 0 Å². The van der Waals surface area contributed by atoms with Crippen LogP contribution in [0.3, 0.4) is 0 Å². The lowest BCUT2D eigenvalue weighted by Crippen LogP contribution is -2.42. The number of amides is 2. The molecule has 0 aromatic heterocycles. The van der Waals surface area contributed by atoms with Gasteiger partial charge >= 0.3 is 0 Å². The first-order valence-electron chi connectivity index (χ1n) is 5.03. The number of likely N-dealkylation sites (N-methyl/N-ethyl adjacent to an activating group) is 1. The number of nitrogens with one attached hydrogen (secondary N) is 1. The predicted octanol–water partition coefficient (Wildman–Crippen LogP) is -0.648. The maximum absolute atomic E-state index is 11.8. The fourth-order valence-electron chi connectivity index (χ4n) is 1.75. The summed E-state index contributed by atoms with van der Waals surface area (Å²) in [5.41, 5.74) is -0.902. The summed E-state index contributed by atoms with van der Waals surface area (Å²) in [5, 5.41) is 12.2. The summed E-state index contributed by atoms with van der Waals surface area (Å²) in [6.07, 6.45) is 0.259. The standard InChI is InChI=1S/C10H18N2O3/c1-10(2,15)6-12(3)9(14)7-4-8(13)11-5-7/h7,15H,4-6H2,1-3H3,(H,11,13). The summed E-state index contributed by atoms with van der Waals surface area (Å²) in [6, 6.07) is 0. The summed E-state index contributed by atoms with van der Waals surface area (Å²) in [4.78, 5) is 24.2. The van der Waals surface area contributed by atoms with Crippen molar-refractivity contribution in [1.82, 2.24) is 10.2 Å². The van der Waals surface area contributed by atoms with Crippen molar-refractivity contribution in [2.45, 2.75) is 25.9 Å². The molecule has 86 valence electrons. The van der Waals surface area contributed by atoms with E-state index >= 15 is 0 Å². The van der Waals surface area contributed by atoms with Crippen LogP contribution < -0.4 is 5.32 Å². The van der Waals surface area contributed by atoms with Crippen molar-refractivity contribution in [2.75, 3.05) is 20.1 Å². The Morgan fingerprint density at radius 1 is 1.67 bits per heavy atom. The van der Waals surface area contributed by atoms with Crippen LogP contribution >= 0.6 is 0 Å². The summed E-state index contributed by atoms with van der Waals surface area (Å²) in [6.45, 7) is 3.98. The Labute approximate surface area is 89.4 Å². The molecule has 0 spiro atoms. The molecule has 1 aliphatic rings. The molecular weight excluding hydrogens is 196 g/mol. The quantitative estimate of drug-likeness (QED) is 0.656. The van der Waals surface area contributed by atoms with Crippen molar-refractivity contribution >= 4 is 11.8 Å².